The van der Waals surface area contributed by atoms with Crippen molar-refractivity contribution in [3.05, 3.63) is 11.4 Å². The lowest BCUT2D eigenvalue weighted by Crippen LogP contribution is -2.20. The third kappa shape index (κ3) is 5.28. The molecule has 0 aliphatic heterocycles. The van der Waals surface area contributed by atoms with Crippen LogP contribution in [-0.2, 0) is 11.2 Å². The van der Waals surface area contributed by atoms with Crippen molar-refractivity contribution in [2.24, 2.45) is 5.84 Å². The van der Waals surface area contributed by atoms with Gasteiger partial charge in [0.2, 0.25) is 0 Å². The number of hydrogen-bond donors (Lipinski definition) is 3. The molecule has 20 heavy (non-hydrogen) atoms. The number of nitrogens with one attached hydrogen (secondary N) is 2. The Balaban J connectivity index is 2.46. The van der Waals surface area contributed by atoms with Crippen molar-refractivity contribution in [1.82, 2.24) is 14.9 Å². The molecular weight excluding hydrogens is 256 g/mol. The maximum absolute atomic E-state index is 5.53. The molecular formula is C13H26N6O. The molecule has 0 aliphatic rings. The fourth-order valence-corrected chi connectivity index (χ4v) is 1.62. The zero-order chi connectivity index (χ0) is 15.0. The highest BCUT2D eigenvalue weighted by molar-refractivity contribution is 5.56. The summed E-state index contributed by atoms with van der Waals surface area (Å²) in [5.74, 6) is 7.70. The van der Waals surface area contributed by atoms with Crippen molar-refractivity contribution in [3.8, 4) is 0 Å². The van der Waals surface area contributed by atoms with E-state index in [1.165, 1.54) is 0 Å². The van der Waals surface area contributed by atoms with Crippen molar-refractivity contribution in [3.63, 3.8) is 0 Å². The Kier molecular flexibility index (Phi) is 7.21. The van der Waals surface area contributed by atoms with Gasteiger partial charge in [-0.3, -0.25) is 0 Å². The first kappa shape index (κ1) is 16.6. The van der Waals surface area contributed by atoms with Gasteiger partial charge in [-0.2, -0.15) is 0 Å². The second-order valence-corrected chi connectivity index (χ2v) is 4.80. The SMILES string of the molecule is CCc1nc(NN)c(C)c(NCCOCCN(C)C)n1. The first-order valence-corrected chi connectivity index (χ1v) is 6.89. The topological polar surface area (TPSA) is 88.3 Å². The van der Waals surface area contributed by atoms with Gasteiger partial charge in [-0.25, -0.2) is 15.8 Å². The number of anilines is 2. The summed E-state index contributed by atoms with van der Waals surface area (Å²) in [7, 11) is 4.05. The third-order valence-electron chi connectivity index (χ3n) is 2.87. The van der Waals surface area contributed by atoms with Crippen molar-refractivity contribution < 1.29 is 4.74 Å². The van der Waals surface area contributed by atoms with Crippen molar-refractivity contribution >= 4 is 11.6 Å². The molecule has 1 rings (SSSR count). The van der Waals surface area contributed by atoms with Crippen LogP contribution in [0.4, 0.5) is 11.6 Å². The van der Waals surface area contributed by atoms with E-state index >= 15 is 0 Å². The predicted molar refractivity (Wildman–Crippen MR) is 81.8 cm³/mol. The van der Waals surface area contributed by atoms with E-state index in [4.69, 9.17) is 10.6 Å². The van der Waals surface area contributed by atoms with Gasteiger partial charge in [0.05, 0.1) is 13.2 Å². The van der Waals surface area contributed by atoms with Crippen molar-refractivity contribution in [1.29, 1.82) is 0 Å². The van der Waals surface area contributed by atoms with E-state index in [2.05, 4.69) is 25.6 Å². The molecule has 114 valence electrons. The first-order chi connectivity index (χ1) is 9.58. The van der Waals surface area contributed by atoms with Crippen LogP contribution in [0.2, 0.25) is 0 Å². The summed E-state index contributed by atoms with van der Waals surface area (Å²) >= 11 is 0. The molecule has 7 nitrogen and oxygen atoms in total. The minimum Gasteiger partial charge on any atom is -0.378 e. The maximum atomic E-state index is 5.53. The lowest BCUT2D eigenvalue weighted by atomic mass is 10.3. The van der Waals surface area contributed by atoms with E-state index < -0.39 is 0 Å². The van der Waals surface area contributed by atoms with Crippen LogP contribution in [0, 0.1) is 6.92 Å². The smallest absolute Gasteiger partial charge is 0.148 e. The number of likely N-dealkylation sites (N-methyl/N-ethyl adjacent to an activating group) is 1. The largest absolute Gasteiger partial charge is 0.378 e. The van der Waals surface area contributed by atoms with Gasteiger partial charge in [-0.1, -0.05) is 6.92 Å². The van der Waals surface area contributed by atoms with E-state index in [1.54, 1.807) is 0 Å². The summed E-state index contributed by atoms with van der Waals surface area (Å²) in [5, 5.41) is 3.27. The Morgan fingerprint density at radius 3 is 2.50 bits per heavy atom. The van der Waals surface area contributed by atoms with E-state index in [-0.39, 0.29) is 0 Å². The highest BCUT2D eigenvalue weighted by Gasteiger charge is 2.08. The lowest BCUT2D eigenvalue weighted by molar-refractivity contribution is 0.126. The first-order valence-electron chi connectivity index (χ1n) is 6.89. The van der Waals surface area contributed by atoms with Gasteiger partial charge in [0.25, 0.3) is 0 Å². The number of nitrogens with two attached hydrogens (primary N) is 1. The van der Waals surface area contributed by atoms with E-state index in [0.29, 0.717) is 19.0 Å². The molecule has 0 saturated carbocycles. The van der Waals surface area contributed by atoms with Crippen LogP contribution in [0.1, 0.15) is 18.3 Å². The van der Waals surface area contributed by atoms with E-state index in [0.717, 1.165) is 36.8 Å². The molecule has 0 fully saturated rings. The minimum atomic E-state index is 0.643. The van der Waals surface area contributed by atoms with E-state index in [1.807, 2.05) is 27.9 Å². The summed E-state index contributed by atoms with van der Waals surface area (Å²) in [4.78, 5) is 10.9. The predicted octanol–water partition coefficient (Wildman–Crippen LogP) is 0.623. The number of aryl methyl sites for hydroxylation is 1. The third-order valence-corrected chi connectivity index (χ3v) is 2.87. The summed E-state index contributed by atoms with van der Waals surface area (Å²) in [6.07, 6.45) is 0.767. The highest BCUT2D eigenvalue weighted by Crippen LogP contribution is 2.18. The van der Waals surface area contributed by atoms with Crippen LogP contribution >= 0.6 is 0 Å². The Morgan fingerprint density at radius 1 is 1.20 bits per heavy atom. The molecule has 0 atom stereocenters. The van der Waals surface area contributed by atoms with Crippen LogP contribution in [0.25, 0.3) is 0 Å². The molecule has 0 amide bonds. The summed E-state index contributed by atoms with van der Waals surface area (Å²) in [5.41, 5.74) is 3.52. The molecule has 0 aromatic carbocycles. The van der Waals surface area contributed by atoms with Crippen molar-refractivity contribution in [2.75, 3.05) is 51.1 Å². The summed E-state index contributed by atoms with van der Waals surface area (Å²) < 4.78 is 5.53. The Bertz CT molecular complexity index is 410. The second-order valence-electron chi connectivity index (χ2n) is 4.80. The molecule has 0 bridgehead atoms. The number of aromatic nitrogens is 2. The van der Waals surface area contributed by atoms with Crippen LogP contribution in [0.15, 0.2) is 0 Å². The molecule has 1 heterocycles. The average molecular weight is 282 g/mol. The zero-order valence-electron chi connectivity index (χ0n) is 12.9. The number of ether oxygens (including phenoxy) is 1. The Labute approximate surface area is 120 Å². The van der Waals surface area contributed by atoms with Gasteiger partial charge in [0, 0.05) is 25.1 Å². The van der Waals surface area contributed by atoms with Crippen molar-refractivity contribution in [2.45, 2.75) is 20.3 Å². The zero-order valence-corrected chi connectivity index (χ0v) is 12.9. The molecule has 0 aliphatic carbocycles. The van der Waals surface area contributed by atoms with Gasteiger partial charge < -0.3 is 20.4 Å². The Hall–Kier alpha value is -1.44. The van der Waals surface area contributed by atoms with Crippen LogP contribution in [-0.4, -0.2) is 55.3 Å². The van der Waals surface area contributed by atoms with Gasteiger partial charge in [-0.05, 0) is 21.0 Å². The summed E-state index contributed by atoms with van der Waals surface area (Å²) in [6, 6.07) is 0. The molecule has 4 N–H and O–H groups in total. The average Bonchev–Trinajstić information content (AvgIpc) is 2.43. The number of hydrazine groups is 1. The summed E-state index contributed by atoms with van der Waals surface area (Å²) in [6.45, 7) is 6.95. The molecule has 0 radical (unpaired) electrons. The number of rotatable bonds is 9. The quantitative estimate of drug-likeness (QED) is 0.348. The molecule has 1 aromatic heterocycles. The van der Waals surface area contributed by atoms with Crippen LogP contribution < -0.4 is 16.6 Å². The lowest BCUT2D eigenvalue weighted by Gasteiger charge is -2.14. The molecule has 0 saturated heterocycles. The molecule has 1 aromatic rings. The number of hydrogen-bond acceptors (Lipinski definition) is 7. The van der Waals surface area contributed by atoms with Crippen LogP contribution in [0.3, 0.4) is 0 Å². The number of nitrogen functional groups attached to an aromatic ring is 1. The van der Waals surface area contributed by atoms with Gasteiger partial charge in [-0.15, -0.1) is 0 Å². The minimum absolute atomic E-state index is 0.643. The fraction of sp³-hybridized carbons (Fsp3) is 0.692. The monoisotopic (exact) mass is 282 g/mol. The normalized spacial score (nSPS) is 10.9. The number of nitrogens with zero attached hydrogens (tertiary/aromatic N) is 3. The van der Waals surface area contributed by atoms with E-state index in [9.17, 15) is 0 Å². The maximum Gasteiger partial charge on any atom is 0.148 e. The molecule has 7 heteroatoms. The van der Waals surface area contributed by atoms with Crippen LogP contribution in [0.5, 0.6) is 0 Å². The standard InChI is InChI=1S/C13H26N6O/c1-5-11-16-12(10(2)13(17-11)18-14)15-6-8-20-9-7-19(3)4/h5-9,14H2,1-4H3,(H2,15,16,17,18). The van der Waals surface area contributed by atoms with Gasteiger partial charge >= 0.3 is 0 Å². The Morgan fingerprint density at radius 2 is 1.90 bits per heavy atom. The molecule has 0 unspecified atom stereocenters. The highest BCUT2D eigenvalue weighted by atomic mass is 16.5. The van der Waals surface area contributed by atoms with Gasteiger partial charge in [0.15, 0.2) is 0 Å². The second kappa shape index (κ2) is 8.68. The fourth-order valence-electron chi connectivity index (χ4n) is 1.62. The molecule has 0 spiro atoms. The van der Waals surface area contributed by atoms with Gasteiger partial charge in [0.1, 0.15) is 17.5 Å².